The highest BCUT2D eigenvalue weighted by Gasteiger charge is 2.38. The Morgan fingerprint density at radius 1 is 1.13 bits per heavy atom. The molecule has 10 heteroatoms. The predicted octanol–water partition coefficient (Wildman–Crippen LogP) is 2.91. The topological polar surface area (TPSA) is 71.1 Å². The number of fused-ring (bicyclic) bond motifs is 1. The highest BCUT2D eigenvalue weighted by molar-refractivity contribution is 7.18. The van der Waals surface area contributed by atoms with Crippen molar-refractivity contribution >= 4 is 46.1 Å². The second-order valence-electron chi connectivity index (χ2n) is 7.89. The van der Waals surface area contributed by atoms with E-state index in [0.29, 0.717) is 27.2 Å². The van der Waals surface area contributed by atoms with Gasteiger partial charge in [-0.3, -0.25) is 9.59 Å². The first-order valence-corrected chi connectivity index (χ1v) is 12.1. The molecule has 2 aromatic heterocycles. The molecule has 0 aromatic carbocycles. The number of amides is 2. The van der Waals surface area contributed by atoms with E-state index in [9.17, 15) is 9.59 Å². The average molecular weight is 484 g/mol. The Balaban J connectivity index is 1.47. The molecule has 1 fully saturated rings. The molecule has 1 N–H and O–H groups in total. The van der Waals surface area contributed by atoms with Gasteiger partial charge in [0.05, 0.1) is 32.3 Å². The Bertz CT molecular complexity index is 962. The lowest BCUT2D eigenvalue weighted by atomic mass is 10.1. The number of carbonyl (C=O) groups is 2. The van der Waals surface area contributed by atoms with E-state index in [0.717, 1.165) is 25.1 Å². The molecule has 168 valence electrons. The van der Waals surface area contributed by atoms with Crippen LogP contribution in [0.2, 0.25) is 4.34 Å². The quantitative estimate of drug-likeness (QED) is 0.708. The number of likely N-dealkylation sites (tertiary alicyclic amines) is 1. The molecule has 3 atom stereocenters. The van der Waals surface area contributed by atoms with E-state index in [4.69, 9.17) is 21.1 Å². The van der Waals surface area contributed by atoms with Crippen LogP contribution in [0.5, 0.6) is 0 Å². The van der Waals surface area contributed by atoms with E-state index in [2.05, 4.69) is 17.3 Å². The van der Waals surface area contributed by atoms with Crippen LogP contribution in [0.1, 0.15) is 35.9 Å². The van der Waals surface area contributed by atoms with Gasteiger partial charge in [-0.25, -0.2) is 0 Å². The number of likely N-dealkylation sites (N-methyl/N-ethyl adjacent to an activating group) is 1. The Labute approximate surface area is 194 Å². The monoisotopic (exact) mass is 483 g/mol. The van der Waals surface area contributed by atoms with Gasteiger partial charge in [0.2, 0.25) is 0 Å². The number of nitrogens with one attached hydrogen (secondary N) is 1. The van der Waals surface area contributed by atoms with Crippen molar-refractivity contribution in [3.05, 3.63) is 42.7 Å². The molecule has 0 radical (unpaired) electrons. The van der Waals surface area contributed by atoms with E-state index < -0.39 is 0 Å². The summed E-state index contributed by atoms with van der Waals surface area (Å²) < 4.78 is 11.8. The van der Waals surface area contributed by atoms with Crippen LogP contribution in [0, 0.1) is 0 Å². The summed E-state index contributed by atoms with van der Waals surface area (Å²) in [6.07, 6.45) is 0.614. The predicted molar refractivity (Wildman–Crippen MR) is 123 cm³/mol. The van der Waals surface area contributed by atoms with Crippen LogP contribution in [0.15, 0.2) is 18.2 Å². The van der Waals surface area contributed by atoms with E-state index in [1.54, 1.807) is 42.6 Å². The molecule has 0 aliphatic carbocycles. The Hall–Kier alpha value is -1.49. The van der Waals surface area contributed by atoms with E-state index in [1.807, 2.05) is 6.07 Å². The van der Waals surface area contributed by atoms with E-state index in [1.165, 1.54) is 16.2 Å². The average Bonchev–Trinajstić information content (AvgIpc) is 3.46. The number of rotatable bonds is 5. The summed E-state index contributed by atoms with van der Waals surface area (Å²) in [4.78, 5) is 32.3. The SMILES string of the molecule is COC1CN(C)CCc2sc(C(=O)N3CC(NC(=O)c4ccc(Cl)s4)C(OC)C3)cc21. The van der Waals surface area contributed by atoms with Crippen LogP contribution >= 0.6 is 34.3 Å². The second kappa shape index (κ2) is 9.56. The number of carbonyl (C=O) groups excluding carboxylic acids is 2. The van der Waals surface area contributed by atoms with Gasteiger partial charge in [0.25, 0.3) is 11.8 Å². The third kappa shape index (κ3) is 4.81. The van der Waals surface area contributed by atoms with Crippen LogP contribution in [0.3, 0.4) is 0 Å². The van der Waals surface area contributed by atoms with Gasteiger partial charge in [0, 0.05) is 45.3 Å². The molecular formula is C21H26ClN3O4S2. The summed E-state index contributed by atoms with van der Waals surface area (Å²) in [5.41, 5.74) is 1.11. The van der Waals surface area contributed by atoms with E-state index >= 15 is 0 Å². The zero-order valence-electron chi connectivity index (χ0n) is 17.7. The van der Waals surface area contributed by atoms with Gasteiger partial charge in [-0.1, -0.05) is 11.6 Å². The summed E-state index contributed by atoms with van der Waals surface area (Å²) in [6, 6.07) is 5.10. The maximum atomic E-state index is 13.3. The second-order valence-corrected chi connectivity index (χ2v) is 10.7. The number of hydrogen-bond donors (Lipinski definition) is 1. The molecule has 0 bridgehead atoms. The van der Waals surface area contributed by atoms with Gasteiger partial charge in [0.1, 0.15) is 0 Å². The van der Waals surface area contributed by atoms with Crippen molar-refractivity contribution in [2.45, 2.75) is 24.7 Å². The van der Waals surface area contributed by atoms with Crippen molar-refractivity contribution in [2.24, 2.45) is 0 Å². The molecule has 2 aliphatic rings. The van der Waals surface area contributed by atoms with Crippen molar-refractivity contribution in [2.75, 3.05) is 47.4 Å². The van der Waals surface area contributed by atoms with Crippen LogP contribution in [-0.2, 0) is 15.9 Å². The van der Waals surface area contributed by atoms with Crippen molar-refractivity contribution in [1.29, 1.82) is 0 Å². The maximum absolute atomic E-state index is 13.3. The lowest BCUT2D eigenvalue weighted by Crippen LogP contribution is -2.43. The van der Waals surface area contributed by atoms with Crippen LogP contribution < -0.4 is 5.32 Å². The maximum Gasteiger partial charge on any atom is 0.264 e. The number of nitrogens with zero attached hydrogens (tertiary/aromatic N) is 2. The lowest BCUT2D eigenvalue weighted by molar-refractivity contribution is 0.0693. The number of ether oxygens (including phenoxy) is 2. The van der Waals surface area contributed by atoms with Crippen molar-refractivity contribution in [3.63, 3.8) is 0 Å². The van der Waals surface area contributed by atoms with Crippen molar-refractivity contribution in [3.8, 4) is 0 Å². The van der Waals surface area contributed by atoms with Gasteiger partial charge in [-0.15, -0.1) is 22.7 Å². The van der Waals surface area contributed by atoms with Crippen LogP contribution in [0.4, 0.5) is 0 Å². The van der Waals surface area contributed by atoms with Crippen LogP contribution in [0.25, 0.3) is 0 Å². The molecule has 4 rings (SSSR count). The minimum atomic E-state index is -0.277. The van der Waals surface area contributed by atoms with Gasteiger partial charge < -0.3 is 24.6 Å². The first-order valence-electron chi connectivity index (χ1n) is 10.1. The van der Waals surface area contributed by atoms with Gasteiger partial charge in [-0.2, -0.15) is 0 Å². The third-order valence-electron chi connectivity index (χ3n) is 5.85. The largest absolute Gasteiger partial charge is 0.377 e. The minimum Gasteiger partial charge on any atom is -0.377 e. The smallest absolute Gasteiger partial charge is 0.264 e. The molecule has 4 heterocycles. The fourth-order valence-corrected chi connectivity index (χ4v) is 6.25. The molecule has 1 saturated heterocycles. The number of thiophene rings is 2. The highest BCUT2D eigenvalue weighted by atomic mass is 35.5. The zero-order valence-corrected chi connectivity index (χ0v) is 20.1. The van der Waals surface area contributed by atoms with Crippen LogP contribution in [-0.4, -0.2) is 81.2 Å². The minimum absolute atomic E-state index is 0.0285. The fourth-order valence-electron chi connectivity index (χ4n) is 4.13. The first-order chi connectivity index (χ1) is 14.9. The number of hydrogen-bond acceptors (Lipinski definition) is 7. The molecule has 2 aromatic rings. The number of methoxy groups -OCH3 is 2. The normalized spacial score (nSPS) is 24.1. The van der Waals surface area contributed by atoms with Gasteiger partial charge >= 0.3 is 0 Å². The molecule has 3 unspecified atom stereocenters. The molecule has 7 nitrogen and oxygen atoms in total. The standard InChI is InChI=1S/C21H26ClN3O4S2/c1-24-7-6-16-12(14(10-24)28-2)8-18(30-16)21(27)25-9-13(15(11-25)29-3)23-20(26)17-4-5-19(22)31-17/h4-5,8,13-15H,6-7,9-11H2,1-3H3,(H,23,26). The third-order valence-corrected chi connectivity index (χ3v) is 8.28. The molecule has 31 heavy (non-hydrogen) atoms. The molecule has 2 amide bonds. The summed E-state index contributed by atoms with van der Waals surface area (Å²) in [7, 11) is 5.40. The first kappa shape index (κ1) is 22.7. The lowest BCUT2D eigenvalue weighted by Gasteiger charge is -2.19. The zero-order chi connectivity index (χ0) is 22.1. The fraction of sp³-hybridized carbons (Fsp3) is 0.524. The molecular weight excluding hydrogens is 458 g/mol. The van der Waals surface area contributed by atoms with Crippen molar-refractivity contribution in [1.82, 2.24) is 15.1 Å². The molecule has 2 aliphatic heterocycles. The Morgan fingerprint density at radius 2 is 1.94 bits per heavy atom. The van der Waals surface area contributed by atoms with Gasteiger partial charge in [0.15, 0.2) is 0 Å². The summed E-state index contributed by atoms with van der Waals surface area (Å²) in [5.74, 6) is -0.229. The molecule has 0 spiro atoms. The Kier molecular flexibility index (Phi) is 7.00. The molecule has 0 saturated carbocycles. The highest BCUT2D eigenvalue weighted by Crippen LogP contribution is 2.34. The summed E-state index contributed by atoms with van der Waals surface area (Å²) in [5, 5.41) is 3.00. The number of halogens is 1. The summed E-state index contributed by atoms with van der Waals surface area (Å²) in [6.45, 7) is 2.59. The van der Waals surface area contributed by atoms with Gasteiger partial charge in [-0.05, 0) is 37.2 Å². The van der Waals surface area contributed by atoms with Crippen molar-refractivity contribution < 1.29 is 19.1 Å². The van der Waals surface area contributed by atoms with E-state index in [-0.39, 0.29) is 30.1 Å². The summed E-state index contributed by atoms with van der Waals surface area (Å²) >= 11 is 8.72. The Morgan fingerprint density at radius 3 is 2.61 bits per heavy atom.